The summed E-state index contributed by atoms with van der Waals surface area (Å²) in [6.45, 7) is 0.881. The monoisotopic (exact) mass is 197 g/mol. The first-order chi connectivity index (χ1) is 6.75. The van der Waals surface area contributed by atoms with Crippen LogP contribution in [-0.4, -0.2) is 23.7 Å². The van der Waals surface area contributed by atoms with Gasteiger partial charge in [-0.05, 0) is 31.2 Å². The van der Waals surface area contributed by atoms with Gasteiger partial charge in [-0.3, -0.25) is 4.79 Å². The van der Waals surface area contributed by atoms with Crippen molar-refractivity contribution >= 4 is 5.97 Å². The molecule has 14 heavy (non-hydrogen) atoms. The Morgan fingerprint density at radius 3 is 2.57 bits per heavy atom. The van der Waals surface area contributed by atoms with Crippen molar-refractivity contribution in [2.24, 2.45) is 11.8 Å². The van der Waals surface area contributed by atoms with Crippen LogP contribution in [0.5, 0.6) is 0 Å². The van der Waals surface area contributed by atoms with Gasteiger partial charge in [0.2, 0.25) is 0 Å². The van der Waals surface area contributed by atoms with Crippen LogP contribution in [0.1, 0.15) is 38.5 Å². The van der Waals surface area contributed by atoms with Gasteiger partial charge in [0.05, 0.1) is 0 Å². The summed E-state index contributed by atoms with van der Waals surface area (Å²) in [5, 5.41) is 11.9. The van der Waals surface area contributed by atoms with Gasteiger partial charge in [-0.2, -0.15) is 0 Å². The number of piperidine rings is 1. The molecule has 0 aromatic heterocycles. The van der Waals surface area contributed by atoms with Crippen molar-refractivity contribution in [2.75, 3.05) is 6.54 Å². The van der Waals surface area contributed by atoms with Crippen LogP contribution in [0.25, 0.3) is 0 Å². The molecular formula is C11H19NO2. The normalized spacial score (nSPS) is 32.9. The number of rotatable bonds is 4. The van der Waals surface area contributed by atoms with Crippen LogP contribution in [0.4, 0.5) is 0 Å². The first kappa shape index (κ1) is 9.97. The highest BCUT2D eigenvalue weighted by molar-refractivity contribution is 5.73. The summed E-state index contributed by atoms with van der Waals surface area (Å²) >= 11 is 0. The lowest BCUT2D eigenvalue weighted by molar-refractivity contribution is -0.140. The van der Waals surface area contributed by atoms with Gasteiger partial charge in [-0.1, -0.05) is 25.7 Å². The maximum Gasteiger partial charge on any atom is 0.320 e. The van der Waals surface area contributed by atoms with E-state index in [1.165, 1.54) is 25.7 Å². The molecule has 1 saturated heterocycles. The van der Waals surface area contributed by atoms with Crippen molar-refractivity contribution in [2.45, 2.75) is 44.6 Å². The molecule has 2 aliphatic rings. The molecule has 1 heterocycles. The SMILES string of the molecule is O=C(O)C1CC(CCC2CC2)CCN1. The summed E-state index contributed by atoms with van der Waals surface area (Å²) in [4.78, 5) is 10.8. The number of hydrogen-bond donors (Lipinski definition) is 2. The van der Waals surface area contributed by atoms with Crippen LogP contribution in [0.15, 0.2) is 0 Å². The molecule has 0 bridgehead atoms. The molecule has 2 unspecified atom stereocenters. The summed E-state index contributed by atoms with van der Waals surface area (Å²) in [6, 6.07) is -0.284. The maximum atomic E-state index is 10.8. The molecule has 3 heteroatoms. The zero-order chi connectivity index (χ0) is 9.97. The number of nitrogens with one attached hydrogen (secondary N) is 1. The molecule has 0 amide bonds. The summed E-state index contributed by atoms with van der Waals surface area (Å²) in [6.07, 6.45) is 7.40. The molecule has 3 nitrogen and oxygen atoms in total. The van der Waals surface area contributed by atoms with E-state index >= 15 is 0 Å². The second-order valence-electron chi connectivity index (χ2n) is 4.76. The number of carboxylic acids is 1. The zero-order valence-electron chi connectivity index (χ0n) is 8.54. The van der Waals surface area contributed by atoms with Gasteiger partial charge in [0.15, 0.2) is 0 Å². The van der Waals surface area contributed by atoms with E-state index in [0.717, 1.165) is 25.3 Å². The Hall–Kier alpha value is -0.570. The summed E-state index contributed by atoms with van der Waals surface area (Å²) < 4.78 is 0. The van der Waals surface area contributed by atoms with Gasteiger partial charge in [-0.15, -0.1) is 0 Å². The summed E-state index contributed by atoms with van der Waals surface area (Å²) in [5.74, 6) is 0.951. The number of aliphatic carboxylic acids is 1. The zero-order valence-corrected chi connectivity index (χ0v) is 8.54. The van der Waals surface area contributed by atoms with E-state index in [1.807, 2.05) is 0 Å². The smallest absolute Gasteiger partial charge is 0.320 e. The van der Waals surface area contributed by atoms with Crippen molar-refractivity contribution in [3.05, 3.63) is 0 Å². The highest BCUT2D eigenvalue weighted by atomic mass is 16.4. The van der Waals surface area contributed by atoms with E-state index in [-0.39, 0.29) is 6.04 Å². The fourth-order valence-electron chi connectivity index (χ4n) is 2.32. The highest BCUT2D eigenvalue weighted by Gasteiger charge is 2.28. The molecule has 2 rings (SSSR count). The Morgan fingerprint density at radius 1 is 1.21 bits per heavy atom. The quantitative estimate of drug-likeness (QED) is 0.720. The minimum absolute atomic E-state index is 0.284. The van der Waals surface area contributed by atoms with E-state index < -0.39 is 5.97 Å². The Morgan fingerprint density at radius 2 is 1.93 bits per heavy atom. The van der Waals surface area contributed by atoms with Crippen molar-refractivity contribution in [1.29, 1.82) is 0 Å². The molecular weight excluding hydrogens is 178 g/mol. The molecule has 1 saturated carbocycles. The van der Waals surface area contributed by atoms with Crippen LogP contribution in [0.3, 0.4) is 0 Å². The Balaban J connectivity index is 1.72. The third-order valence-corrected chi connectivity index (χ3v) is 3.49. The molecule has 80 valence electrons. The predicted molar refractivity (Wildman–Crippen MR) is 54.1 cm³/mol. The molecule has 1 aliphatic carbocycles. The number of hydrogen-bond acceptors (Lipinski definition) is 2. The lowest BCUT2D eigenvalue weighted by Gasteiger charge is -2.27. The van der Waals surface area contributed by atoms with Crippen LogP contribution >= 0.6 is 0 Å². The third-order valence-electron chi connectivity index (χ3n) is 3.49. The minimum atomic E-state index is -0.680. The van der Waals surface area contributed by atoms with E-state index in [4.69, 9.17) is 5.11 Å². The van der Waals surface area contributed by atoms with E-state index in [9.17, 15) is 4.79 Å². The average molecular weight is 197 g/mol. The van der Waals surface area contributed by atoms with Crippen LogP contribution in [-0.2, 0) is 4.79 Å². The average Bonchev–Trinajstić information content (AvgIpc) is 2.99. The maximum absolute atomic E-state index is 10.8. The van der Waals surface area contributed by atoms with Crippen molar-refractivity contribution in [3.8, 4) is 0 Å². The highest BCUT2D eigenvalue weighted by Crippen LogP contribution is 2.36. The predicted octanol–water partition coefficient (Wildman–Crippen LogP) is 1.63. The lowest BCUT2D eigenvalue weighted by atomic mass is 9.88. The molecule has 0 radical (unpaired) electrons. The summed E-state index contributed by atoms with van der Waals surface area (Å²) in [7, 11) is 0. The molecule has 2 fully saturated rings. The molecule has 1 aliphatic heterocycles. The minimum Gasteiger partial charge on any atom is -0.480 e. The van der Waals surface area contributed by atoms with Crippen LogP contribution < -0.4 is 5.32 Å². The Kier molecular flexibility index (Phi) is 3.06. The van der Waals surface area contributed by atoms with Crippen molar-refractivity contribution < 1.29 is 9.90 Å². The Bertz CT molecular complexity index is 213. The molecule has 2 atom stereocenters. The van der Waals surface area contributed by atoms with Gasteiger partial charge < -0.3 is 10.4 Å². The van der Waals surface area contributed by atoms with E-state index in [2.05, 4.69) is 5.32 Å². The third kappa shape index (κ3) is 2.71. The van der Waals surface area contributed by atoms with Gasteiger partial charge in [0.1, 0.15) is 6.04 Å². The van der Waals surface area contributed by atoms with Gasteiger partial charge in [0.25, 0.3) is 0 Å². The fourth-order valence-corrected chi connectivity index (χ4v) is 2.32. The number of carboxylic acid groups (broad SMARTS) is 1. The standard InChI is InChI=1S/C11H19NO2/c13-11(14)10-7-9(5-6-12-10)4-3-8-1-2-8/h8-10,12H,1-7H2,(H,13,14). The molecule has 2 N–H and O–H groups in total. The first-order valence-electron chi connectivity index (χ1n) is 5.72. The molecule has 0 spiro atoms. The van der Waals surface area contributed by atoms with Crippen molar-refractivity contribution in [1.82, 2.24) is 5.32 Å². The van der Waals surface area contributed by atoms with E-state index in [1.54, 1.807) is 0 Å². The summed E-state index contributed by atoms with van der Waals surface area (Å²) in [5.41, 5.74) is 0. The molecule has 0 aromatic carbocycles. The lowest BCUT2D eigenvalue weighted by Crippen LogP contribution is -2.43. The number of carbonyl (C=O) groups is 1. The van der Waals surface area contributed by atoms with Gasteiger partial charge >= 0.3 is 5.97 Å². The molecule has 0 aromatic rings. The second-order valence-corrected chi connectivity index (χ2v) is 4.76. The van der Waals surface area contributed by atoms with Crippen LogP contribution in [0, 0.1) is 11.8 Å². The Labute approximate surface area is 84.9 Å². The van der Waals surface area contributed by atoms with Gasteiger partial charge in [0, 0.05) is 0 Å². The van der Waals surface area contributed by atoms with Crippen LogP contribution in [0.2, 0.25) is 0 Å². The first-order valence-corrected chi connectivity index (χ1v) is 5.72. The van der Waals surface area contributed by atoms with E-state index in [0.29, 0.717) is 5.92 Å². The largest absolute Gasteiger partial charge is 0.480 e. The fraction of sp³-hybridized carbons (Fsp3) is 0.909. The second kappa shape index (κ2) is 4.30. The topological polar surface area (TPSA) is 49.3 Å². The van der Waals surface area contributed by atoms with Crippen molar-refractivity contribution in [3.63, 3.8) is 0 Å². The van der Waals surface area contributed by atoms with Gasteiger partial charge in [-0.25, -0.2) is 0 Å².